The molecule has 0 heterocycles. The summed E-state index contributed by atoms with van der Waals surface area (Å²) in [5.74, 6) is -0.787. The van der Waals surface area contributed by atoms with Gasteiger partial charge in [-0.1, -0.05) is 57.9 Å². The molecular formula is C17H14BrClO3. The maximum atomic E-state index is 12.7. The predicted octanol–water partition coefficient (Wildman–Crippen LogP) is 4.59. The summed E-state index contributed by atoms with van der Waals surface area (Å²) < 4.78 is 5.24. The largest absolute Gasteiger partial charge is 0.453 e. The first-order valence-electron chi connectivity index (χ1n) is 6.65. The van der Waals surface area contributed by atoms with Gasteiger partial charge in [-0.3, -0.25) is 9.59 Å². The van der Waals surface area contributed by atoms with Crippen molar-refractivity contribution in [2.45, 2.75) is 17.9 Å². The smallest absolute Gasteiger partial charge is 0.303 e. The van der Waals surface area contributed by atoms with Crippen LogP contribution in [0, 0.1) is 0 Å². The third-order valence-corrected chi connectivity index (χ3v) is 4.32. The monoisotopic (exact) mass is 380 g/mol. The number of hydrogen-bond donors (Lipinski definition) is 0. The van der Waals surface area contributed by atoms with Gasteiger partial charge in [-0.25, -0.2) is 0 Å². The number of hydrogen-bond acceptors (Lipinski definition) is 3. The Kier molecular flexibility index (Phi) is 5.75. The number of ether oxygens (including phenoxy) is 1. The Labute approximate surface area is 142 Å². The highest BCUT2D eigenvalue weighted by Crippen LogP contribution is 2.30. The van der Waals surface area contributed by atoms with Gasteiger partial charge in [-0.05, 0) is 29.8 Å². The molecule has 22 heavy (non-hydrogen) atoms. The van der Waals surface area contributed by atoms with Crippen molar-refractivity contribution in [3.63, 3.8) is 0 Å². The first-order valence-corrected chi connectivity index (χ1v) is 7.94. The third-order valence-electron chi connectivity index (χ3n) is 3.06. The number of esters is 1. The van der Waals surface area contributed by atoms with Crippen LogP contribution < -0.4 is 0 Å². The Bertz CT molecular complexity index is 655. The molecule has 0 aliphatic heterocycles. The van der Waals surface area contributed by atoms with E-state index in [1.165, 1.54) is 6.92 Å². The van der Waals surface area contributed by atoms with Crippen LogP contribution in [0.4, 0.5) is 0 Å². The van der Waals surface area contributed by atoms with Gasteiger partial charge in [0.05, 0.1) is 4.83 Å². The van der Waals surface area contributed by atoms with Gasteiger partial charge in [0.2, 0.25) is 5.78 Å². The summed E-state index contributed by atoms with van der Waals surface area (Å²) in [5, 5.41) is 0.541. The van der Waals surface area contributed by atoms with Crippen LogP contribution in [0.25, 0.3) is 0 Å². The highest BCUT2D eigenvalue weighted by molar-refractivity contribution is 9.09. The lowest BCUT2D eigenvalue weighted by atomic mass is 9.99. The molecule has 0 radical (unpaired) electrons. The molecule has 2 aromatic carbocycles. The highest BCUT2D eigenvalue weighted by atomic mass is 79.9. The molecule has 5 heteroatoms. The number of carbonyl (C=O) groups excluding carboxylic acids is 2. The fraction of sp³-hybridized carbons (Fsp3) is 0.176. The van der Waals surface area contributed by atoms with Crippen molar-refractivity contribution < 1.29 is 14.3 Å². The third kappa shape index (κ3) is 4.18. The molecule has 114 valence electrons. The highest BCUT2D eigenvalue weighted by Gasteiger charge is 2.31. The van der Waals surface area contributed by atoms with Crippen molar-refractivity contribution in [2.75, 3.05) is 0 Å². The van der Waals surface area contributed by atoms with Crippen LogP contribution in [0.5, 0.6) is 0 Å². The molecule has 2 rings (SSSR count). The fourth-order valence-corrected chi connectivity index (χ4v) is 2.79. The number of alkyl halides is 1. The molecule has 0 amide bonds. The van der Waals surface area contributed by atoms with E-state index in [0.717, 1.165) is 5.56 Å². The molecule has 0 saturated carbocycles. The molecule has 0 aliphatic carbocycles. The van der Waals surface area contributed by atoms with E-state index in [-0.39, 0.29) is 5.78 Å². The van der Waals surface area contributed by atoms with E-state index in [0.29, 0.717) is 10.6 Å². The van der Waals surface area contributed by atoms with Gasteiger partial charge in [0, 0.05) is 17.5 Å². The van der Waals surface area contributed by atoms with E-state index in [4.69, 9.17) is 16.3 Å². The lowest BCUT2D eigenvalue weighted by Crippen LogP contribution is -2.30. The summed E-state index contributed by atoms with van der Waals surface area (Å²) in [6, 6.07) is 15.8. The SMILES string of the molecule is CC(=O)O[C@H](C(=O)c1ccc(Cl)cc1)[C@@H](Br)c1ccccc1. The van der Waals surface area contributed by atoms with E-state index < -0.39 is 16.9 Å². The second kappa shape index (κ2) is 7.56. The van der Waals surface area contributed by atoms with E-state index in [2.05, 4.69) is 15.9 Å². The number of rotatable bonds is 5. The number of ketones is 1. The molecule has 0 spiro atoms. The van der Waals surface area contributed by atoms with Crippen molar-refractivity contribution >= 4 is 39.3 Å². The Morgan fingerprint density at radius 3 is 2.18 bits per heavy atom. The van der Waals surface area contributed by atoms with Gasteiger partial charge in [-0.15, -0.1) is 0 Å². The van der Waals surface area contributed by atoms with Crippen molar-refractivity contribution in [3.8, 4) is 0 Å². The van der Waals surface area contributed by atoms with Gasteiger partial charge in [0.25, 0.3) is 0 Å². The first-order chi connectivity index (χ1) is 10.5. The number of halogens is 2. The van der Waals surface area contributed by atoms with Crippen LogP contribution in [-0.4, -0.2) is 17.9 Å². The summed E-state index contributed by atoms with van der Waals surface area (Å²) in [6.45, 7) is 1.28. The normalized spacial score (nSPS) is 13.2. The van der Waals surface area contributed by atoms with Crippen LogP contribution in [0.3, 0.4) is 0 Å². The number of Topliss-reactive ketones (excluding diaryl/α,β-unsaturated/α-hetero) is 1. The molecule has 0 fully saturated rings. The molecular weight excluding hydrogens is 368 g/mol. The van der Waals surface area contributed by atoms with Gasteiger partial charge in [-0.2, -0.15) is 0 Å². The molecule has 0 bridgehead atoms. The van der Waals surface area contributed by atoms with Gasteiger partial charge in [0.15, 0.2) is 6.10 Å². The van der Waals surface area contributed by atoms with Crippen LogP contribution >= 0.6 is 27.5 Å². The standard InChI is InChI=1S/C17H14BrClO3/c1-11(20)22-17(15(18)12-5-3-2-4-6-12)16(21)13-7-9-14(19)10-8-13/h2-10,15,17H,1H3/t15-,17-/m0/s1. The summed E-state index contributed by atoms with van der Waals surface area (Å²) in [5.41, 5.74) is 1.30. The molecule has 0 unspecified atom stereocenters. The molecule has 0 aliphatic rings. The van der Waals surface area contributed by atoms with Crippen LogP contribution in [0.2, 0.25) is 5.02 Å². The van der Waals surface area contributed by atoms with E-state index in [9.17, 15) is 9.59 Å². The maximum absolute atomic E-state index is 12.7. The predicted molar refractivity (Wildman–Crippen MR) is 89.4 cm³/mol. The van der Waals surface area contributed by atoms with Crippen molar-refractivity contribution in [2.24, 2.45) is 0 Å². The Hall–Kier alpha value is -1.65. The van der Waals surface area contributed by atoms with Crippen LogP contribution in [0.15, 0.2) is 54.6 Å². The Morgan fingerprint density at radius 2 is 1.64 bits per heavy atom. The van der Waals surface area contributed by atoms with Crippen molar-refractivity contribution in [1.82, 2.24) is 0 Å². The molecule has 0 N–H and O–H groups in total. The fourth-order valence-electron chi connectivity index (χ4n) is 2.02. The minimum Gasteiger partial charge on any atom is -0.453 e. The summed E-state index contributed by atoms with van der Waals surface area (Å²) in [7, 11) is 0. The van der Waals surface area contributed by atoms with Gasteiger partial charge in [0.1, 0.15) is 0 Å². The maximum Gasteiger partial charge on any atom is 0.303 e. The molecule has 3 nitrogen and oxygen atoms in total. The summed E-state index contributed by atoms with van der Waals surface area (Å²) >= 11 is 9.30. The molecule has 0 saturated heterocycles. The van der Waals surface area contributed by atoms with E-state index in [1.807, 2.05) is 30.3 Å². The molecule has 0 aromatic heterocycles. The van der Waals surface area contributed by atoms with Crippen LogP contribution in [-0.2, 0) is 9.53 Å². The number of benzene rings is 2. The summed E-state index contributed by atoms with van der Waals surface area (Å²) in [6.07, 6.45) is -0.943. The van der Waals surface area contributed by atoms with E-state index in [1.54, 1.807) is 24.3 Å². The van der Waals surface area contributed by atoms with Crippen molar-refractivity contribution in [3.05, 3.63) is 70.7 Å². The minimum atomic E-state index is -0.943. The zero-order chi connectivity index (χ0) is 16.1. The van der Waals surface area contributed by atoms with Crippen LogP contribution in [0.1, 0.15) is 27.7 Å². The Morgan fingerprint density at radius 1 is 1.05 bits per heavy atom. The first kappa shape index (κ1) is 16.7. The summed E-state index contributed by atoms with van der Waals surface area (Å²) in [4.78, 5) is 23.6. The average Bonchev–Trinajstić information content (AvgIpc) is 2.53. The average molecular weight is 382 g/mol. The van der Waals surface area contributed by atoms with E-state index >= 15 is 0 Å². The van der Waals surface area contributed by atoms with Crippen molar-refractivity contribution in [1.29, 1.82) is 0 Å². The quantitative estimate of drug-likeness (QED) is 0.432. The minimum absolute atomic E-state index is 0.280. The molecule has 2 atom stereocenters. The molecule has 2 aromatic rings. The number of carbonyl (C=O) groups is 2. The zero-order valence-corrected chi connectivity index (χ0v) is 14.2. The second-order valence-electron chi connectivity index (χ2n) is 4.71. The zero-order valence-electron chi connectivity index (χ0n) is 11.8. The Balaban J connectivity index is 2.31. The lowest BCUT2D eigenvalue weighted by Gasteiger charge is -2.21. The van der Waals surface area contributed by atoms with Gasteiger partial charge < -0.3 is 4.74 Å². The second-order valence-corrected chi connectivity index (χ2v) is 6.14. The lowest BCUT2D eigenvalue weighted by molar-refractivity contribution is -0.144. The topological polar surface area (TPSA) is 43.4 Å². The van der Waals surface area contributed by atoms with Gasteiger partial charge >= 0.3 is 5.97 Å².